The van der Waals surface area contributed by atoms with Crippen LogP contribution < -0.4 is 5.43 Å². The quantitative estimate of drug-likeness (QED) is 0.576. The molecular formula is C15H11ClN4O. The molecule has 0 aliphatic heterocycles. The number of hydrazone groups is 1. The summed E-state index contributed by atoms with van der Waals surface area (Å²) in [4.78, 5) is 19.3. The van der Waals surface area contributed by atoms with E-state index >= 15 is 0 Å². The summed E-state index contributed by atoms with van der Waals surface area (Å²) in [5.41, 5.74) is 4.55. The number of imidazole rings is 1. The van der Waals surface area contributed by atoms with Crippen molar-refractivity contribution < 1.29 is 4.79 Å². The molecule has 21 heavy (non-hydrogen) atoms. The second kappa shape index (κ2) is 5.76. The van der Waals surface area contributed by atoms with E-state index in [4.69, 9.17) is 11.6 Å². The Bertz CT molecular complexity index is 792. The number of hydrogen-bond acceptors (Lipinski definition) is 3. The van der Waals surface area contributed by atoms with Gasteiger partial charge in [-0.05, 0) is 24.3 Å². The lowest BCUT2D eigenvalue weighted by molar-refractivity contribution is 0.0955. The molecule has 1 heterocycles. The van der Waals surface area contributed by atoms with E-state index in [9.17, 15) is 4.79 Å². The molecule has 2 N–H and O–H groups in total. The van der Waals surface area contributed by atoms with Gasteiger partial charge < -0.3 is 4.98 Å². The lowest BCUT2D eigenvalue weighted by Gasteiger charge is -2.00. The summed E-state index contributed by atoms with van der Waals surface area (Å²) in [7, 11) is 0. The lowest BCUT2D eigenvalue weighted by Crippen LogP contribution is -2.18. The largest absolute Gasteiger partial charge is 0.337 e. The molecule has 0 radical (unpaired) electrons. The normalized spacial score (nSPS) is 11.1. The average Bonchev–Trinajstić information content (AvgIpc) is 2.90. The summed E-state index contributed by atoms with van der Waals surface area (Å²) in [6.45, 7) is 0. The number of benzene rings is 2. The molecule has 104 valence electrons. The number of aromatic nitrogens is 2. The number of rotatable bonds is 3. The van der Waals surface area contributed by atoms with Crippen molar-refractivity contribution >= 4 is 34.8 Å². The molecule has 0 saturated carbocycles. The first kappa shape index (κ1) is 13.3. The van der Waals surface area contributed by atoms with Gasteiger partial charge in [0.1, 0.15) is 0 Å². The number of carbonyl (C=O) groups is 1. The topological polar surface area (TPSA) is 70.1 Å². The molecule has 0 bridgehead atoms. The van der Waals surface area contributed by atoms with Gasteiger partial charge in [-0.15, -0.1) is 0 Å². The zero-order valence-electron chi connectivity index (χ0n) is 10.9. The second-order valence-electron chi connectivity index (χ2n) is 4.32. The van der Waals surface area contributed by atoms with Crippen LogP contribution >= 0.6 is 11.6 Å². The Kier molecular flexibility index (Phi) is 3.66. The van der Waals surface area contributed by atoms with Crippen molar-refractivity contribution in [1.29, 1.82) is 0 Å². The molecule has 0 aliphatic rings. The molecule has 0 saturated heterocycles. The van der Waals surface area contributed by atoms with Gasteiger partial charge in [0.15, 0.2) is 5.82 Å². The van der Waals surface area contributed by atoms with Crippen LogP contribution in [0.5, 0.6) is 0 Å². The van der Waals surface area contributed by atoms with Gasteiger partial charge in [0.25, 0.3) is 5.91 Å². The first-order valence-electron chi connectivity index (χ1n) is 6.27. The first-order valence-corrected chi connectivity index (χ1v) is 6.64. The zero-order valence-corrected chi connectivity index (χ0v) is 11.6. The highest BCUT2D eigenvalue weighted by Gasteiger charge is 2.07. The number of fused-ring (bicyclic) bond motifs is 1. The van der Waals surface area contributed by atoms with Crippen molar-refractivity contribution in [2.75, 3.05) is 0 Å². The van der Waals surface area contributed by atoms with E-state index in [0.717, 1.165) is 11.0 Å². The van der Waals surface area contributed by atoms with Crippen molar-refractivity contribution in [2.45, 2.75) is 0 Å². The number of nitrogens with one attached hydrogen (secondary N) is 2. The molecule has 0 unspecified atom stereocenters. The van der Waals surface area contributed by atoms with E-state index < -0.39 is 0 Å². The highest BCUT2D eigenvalue weighted by atomic mass is 35.5. The Balaban J connectivity index is 1.72. The van der Waals surface area contributed by atoms with E-state index in [2.05, 4.69) is 20.5 Å². The highest BCUT2D eigenvalue weighted by molar-refractivity contribution is 6.33. The zero-order chi connectivity index (χ0) is 14.7. The van der Waals surface area contributed by atoms with Crippen LogP contribution in [0.1, 0.15) is 16.2 Å². The summed E-state index contributed by atoms with van der Waals surface area (Å²) >= 11 is 5.94. The van der Waals surface area contributed by atoms with Crippen LogP contribution in [-0.4, -0.2) is 22.1 Å². The highest BCUT2D eigenvalue weighted by Crippen LogP contribution is 2.14. The van der Waals surface area contributed by atoms with Gasteiger partial charge in [0, 0.05) is 0 Å². The maximum absolute atomic E-state index is 11.9. The van der Waals surface area contributed by atoms with Crippen molar-refractivity contribution in [3.63, 3.8) is 0 Å². The Morgan fingerprint density at radius 3 is 2.76 bits per heavy atom. The van der Waals surface area contributed by atoms with Crippen molar-refractivity contribution in [3.05, 3.63) is 64.9 Å². The number of hydrogen-bond donors (Lipinski definition) is 2. The Morgan fingerprint density at radius 1 is 1.19 bits per heavy atom. The number of H-pyrrole nitrogens is 1. The number of nitrogens with zero attached hydrogens (tertiary/aromatic N) is 2. The van der Waals surface area contributed by atoms with E-state index in [1.54, 1.807) is 24.3 Å². The fourth-order valence-corrected chi connectivity index (χ4v) is 2.11. The van der Waals surface area contributed by atoms with E-state index in [-0.39, 0.29) is 5.91 Å². The molecule has 6 heteroatoms. The number of carbonyl (C=O) groups excluding carboxylic acids is 1. The van der Waals surface area contributed by atoms with Crippen LogP contribution in [0, 0.1) is 0 Å². The first-order chi connectivity index (χ1) is 10.2. The maximum Gasteiger partial charge on any atom is 0.272 e. The van der Waals surface area contributed by atoms with Crippen molar-refractivity contribution in [3.8, 4) is 0 Å². The summed E-state index contributed by atoms with van der Waals surface area (Å²) in [5.74, 6) is 0.198. The minimum atomic E-state index is -0.368. The predicted molar refractivity (Wildman–Crippen MR) is 82.6 cm³/mol. The Labute approximate surface area is 125 Å². The molecule has 0 aliphatic carbocycles. The average molecular weight is 299 g/mol. The predicted octanol–water partition coefficient (Wildman–Crippen LogP) is 2.98. The van der Waals surface area contributed by atoms with Crippen molar-refractivity contribution in [1.82, 2.24) is 15.4 Å². The number of halogens is 1. The maximum atomic E-state index is 11.9. The van der Waals surface area contributed by atoms with Crippen LogP contribution in [0.15, 0.2) is 53.6 Å². The fraction of sp³-hybridized carbons (Fsp3) is 0. The van der Waals surface area contributed by atoms with E-state index in [1.165, 1.54) is 6.21 Å². The molecular weight excluding hydrogens is 288 g/mol. The third-order valence-electron chi connectivity index (χ3n) is 2.88. The smallest absolute Gasteiger partial charge is 0.272 e. The van der Waals surface area contributed by atoms with Crippen LogP contribution in [0.4, 0.5) is 0 Å². The van der Waals surface area contributed by atoms with E-state index in [0.29, 0.717) is 16.4 Å². The van der Waals surface area contributed by atoms with Gasteiger partial charge in [0.05, 0.1) is 27.8 Å². The van der Waals surface area contributed by atoms with Crippen molar-refractivity contribution in [2.24, 2.45) is 5.10 Å². The summed E-state index contributed by atoms with van der Waals surface area (Å²) in [6, 6.07) is 14.4. The third-order valence-corrected chi connectivity index (χ3v) is 3.21. The molecule has 5 nitrogen and oxygen atoms in total. The summed E-state index contributed by atoms with van der Waals surface area (Å²) in [5, 5.41) is 4.26. The van der Waals surface area contributed by atoms with Gasteiger partial charge in [-0.3, -0.25) is 4.79 Å². The molecule has 1 amide bonds. The SMILES string of the molecule is O=C(N/N=C/c1nc2ccccc2[nH]1)c1ccccc1Cl. The summed E-state index contributed by atoms with van der Waals surface area (Å²) < 4.78 is 0. The molecule has 1 aromatic heterocycles. The van der Waals surface area contributed by atoms with Crippen LogP contribution in [0.25, 0.3) is 11.0 Å². The Hall–Kier alpha value is -2.66. The minimum Gasteiger partial charge on any atom is -0.337 e. The Morgan fingerprint density at radius 2 is 1.95 bits per heavy atom. The lowest BCUT2D eigenvalue weighted by atomic mass is 10.2. The molecule has 0 atom stereocenters. The molecule has 3 aromatic rings. The van der Waals surface area contributed by atoms with Gasteiger partial charge in [-0.2, -0.15) is 5.10 Å². The molecule has 2 aromatic carbocycles. The number of para-hydroxylation sites is 2. The fourth-order valence-electron chi connectivity index (χ4n) is 1.89. The minimum absolute atomic E-state index is 0.368. The molecule has 3 rings (SSSR count). The molecule has 0 fully saturated rings. The third kappa shape index (κ3) is 2.93. The van der Waals surface area contributed by atoms with Crippen LogP contribution in [-0.2, 0) is 0 Å². The van der Waals surface area contributed by atoms with E-state index in [1.807, 2.05) is 24.3 Å². The number of amides is 1. The van der Waals surface area contributed by atoms with Gasteiger partial charge >= 0.3 is 0 Å². The van der Waals surface area contributed by atoms with Gasteiger partial charge in [-0.1, -0.05) is 35.9 Å². The monoisotopic (exact) mass is 298 g/mol. The van der Waals surface area contributed by atoms with Crippen LogP contribution in [0.2, 0.25) is 5.02 Å². The van der Waals surface area contributed by atoms with Crippen LogP contribution in [0.3, 0.4) is 0 Å². The molecule has 0 spiro atoms. The van der Waals surface area contributed by atoms with Gasteiger partial charge in [0.2, 0.25) is 0 Å². The van der Waals surface area contributed by atoms with Gasteiger partial charge in [-0.25, -0.2) is 10.4 Å². The summed E-state index contributed by atoms with van der Waals surface area (Å²) in [6.07, 6.45) is 1.45. The second-order valence-corrected chi connectivity index (χ2v) is 4.73. The number of aromatic amines is 1. The standard InChI is InChI=1S/C15H11ClN4O/c16-11-6-2-1-5-10(11)15(21)20-17-9-14-18-12-7-3-4-8-13(12)19-14/h1-9H,(H,18,19)(H,20,21)/b17-9+.